The summed E-state index contributed by atoms with van der Waals surface area (Å²) in [6, 6.07) is 6.20. The van der Waals surface area contributed by atoms with Crippen molar-refractivity contribution in [1.82, 2.24) is 5.32 Å². The molecule has 0 aliphatic heterocycles. The van der Waals surface area contributed by atoms with Gasteiger partial charge in [-0.1, -0.05) is 0 Å². The molecular formula is C14H21N3O4. The maximum Gasteiger partial charge on any atom is 0.321 e. The molecule has 0 fully saturated rings. The molecule has 0 aliphatic carbocycles. The predicted molar refractivity (Wildman–Crippen MR) is 80.5 cm³/mol. The van der Waals surface area contributed by atoms with Crippen molar-refractivity contribution in [2.75, 3.05) is 37.5 Å². The van der Waals surface area contributed by atoms with Crippen LogP contribution in [-0.4, -0.2) is 55.4 Å². The SMILES string of the molecule is CN(C)c1ccc(NC(=O)CC(NCCO)C(=O)O)cc1. The van der Waals surface area contributed by atoms with Crippen LogP contribution < -0.4 is 15.5 Å². The molecule has 7 nitrogen and oxygen atoms in total. The summed E-state index contributed by atoms with van der Waals surface area (Å²) in [6.45, 7) is -0.0564. The molecule has 0 aliphatic rings. The van der Waals surface area contributed by atoms with Crippen LogP contribution in [-0.2, 0) is 9.59 Å². The van der Waals surface area contributed by atoms with Gasteiger partial charge in [0.05, 0.1) is 13.0 Å². The van der Waals surface area contributed by atoms with E-state index in [0.29, 0.717) is 5.69 Å². The summed E-state index contributed by atoms with van der Waals surface area (Å²) in [5.74, 6) is -1.52. The number of hydrogen-bond acceptors (Lipinski definition) is 5. The Morgan fingerprint density at radius 2 is 1.86 bits per heavy atom. The quantitative estimate of drug-likeness (QED) is 0.543. The third-order valence-corrected chi connectivity index (χ3v) is 2.86. The van der Waals surface area contributed by atoms with E-state index in [1.165, 1.54) is 0 Å². The van der Waals surface area contributed by atoms with Gasteiger partial charge in [0.15, 0.2) is 0 Å². The number of carbonyl (C=O) groups excluding carboxylic acids is 1. The van der Waals surface area contributed by atoms with Crippen molar-refractivity contribution in [1.29, 1.82) is 0 Å². The number of aliphatic hydroxyl groups excluding tert-OH is 1. The minimum Gasteiger partial charge on any atom is -0.480 e. The fourth-order valence-corrected chi connectivity index (χ4v) is 1.73. The average Bonchev–Trinajstić information content (AvgIpc) is 2.43. The van der Waals surface area contributed by atoms with E-state index in [9.17, 15) is 9.59 Å². The number of rotatable bonds is 8. The van der Waals surface area contributed by atoms with E-state index in [0.717, 1.165) is 5.69 Å². The number of aliphatic hydroxyl groups is 1. The third kappa shape index (κ3) is 5.80. The van der Waals surface area contributed by atoms with Gasteiger partial charge in [-0.05, 0) is 24.3 Å². The molecular weight excluding hydrogens is 274 g/mol. The zero-order valence-corrected chi connectivity index (χ0v) is 12.2. The number of benzene rings is 1. The first kappa shape index (κ1) is 16.9. The Hall–Kier alpha value is -2.12. The summed E-state index contributed by atoms with van der Waals surface area (Å²) in [6.07, 6.45) is -0.204. The molecule has 0 aromatic heterocycles. The van der Waals surface area contributed by atoms with Gasteiger partial charge in [0.2, 0.25) is 5.91 Å². The van der Waals surface area contributed by atoms with Crippen molar-refractivity contribution in [3.8, 4) is 0 Å². The highest BCUT2D eigenvalue weighted by atomic mass is 16.4. The summed E-state index contributed by atoms with van der Waals surface area (Å²) in [5, 5.41) is 22.9. The van der Waals surface area contributed by atoms with Crippen molar-refractivity contribution in [2.24, 2.45) is 0 Å². The molecule has 0 spiro atoms. The molecule has 0 bridgehead atoms. The number of anilines is 2. The molecule has 0 radical (unpaired) electrons. The Morgan fingerprint density at radius 1 is 1.24 bits per heavy atom. The Bertz CT molecular complexity index is 474. The highest BCUT2D eigenvalue weighted by Crippen LogP contribution is 2.15. The maximum atomic E-state index is 11.8. The van der Waals surface area contributed by atoms with Crippen LogP contribution in [0.3, 0.4) is 0 Å². The summed E-state index contributed by atoms with van der Waals surface area (Å²) < 4.78 is 0. The van der Waals surface area contributed by atoms with E-state index in [4.69, 9.17) is 10.2 Å². The lowest BCUT2D eigenvalue weighted by Gasteiger charge is -2.15. The van der Waals surface area contributed by atoms with Gasteiger partial charge in [0.25, 0.3) is 0 Å². The van der Waals surface area contributed by atoms with Crippen molar-refractivity contribution in [3.63, 3.8) is 0 Å². The molecule has 0 saturated heterocycles. The first-order chi connectivity index (χ1) is 9.93. The number of carboxylic acid groups (broad SMARTS) is 1. The van der Waals surface area contributed by atoms with Crippen molar-refractivity contribution < 1.29 is 19.8 Å². The predicted octanol–water partition coefficient (Wildman–Crippen LogP) is 0.116. The summed E-state index contributed by atoms with van der Waals surface area (Å²) in [5.41, 5.74) is 1.61. The molecule has 0 saturated carbocycles. The number of carboxylic acids is 1. The molecule has 21 heavy (non-hydrogen) atoms. The van der Waals surface area contributed by atoms with Gasteiger partial charge in [-0.2, -0.15) is 0 Å². The fraction of sp³-hybridized carbons (Fsp3) is 0.429. The second-order valence-corrected chi connectivity index (χ2v) is 4.76. The zero-order valence-electron chi connectivity index (χ0n) is 12.2. The fourth-order valence-electron chi connectivity index (χ4n) is 1.73. The van der Waals surface area contributed by atoms with E-state index in [1.54, 1.807) is 12.1 Å². The topological polar surface area (TPSA) is 102 Å². The van der Waals surface area contributed by atoms with E-state index in [-0.39, 0.29) is 19.6 Å². The summed E-state index contributed by atoms with van der Waals surface area (Å²) >= 11 is 0. The van der Waals surface area contributed by atoms with Gasteiger partial charge in [-0.15, -0.1) is 0 Å². The average molecular weight is 295 g/mol. The molecule has 7 heteroatoms. The molecule has 1 unspecified atom stereocenters. The number of amides is 1. The van der Waals surface area contributed by atoms with Gasteiger partial charge in [-0.3, -0.25) is 9.59 Å². The highest BCUT2D eigenvalue weighted by molar-refractivity contribution is 5.94. The molecule has 1 rings (SSSR count). The normalized spacial score (nSPS) is 11.8. The molecule has 1 aromatic carbocycles. The molecule has 0 heterocycles. The number of aliphatic carboxylic acids is 1. The van der Waals surface area contributed by atoms with Crippen LogP contribution in [0.2, 0.25) is 0 Å². The first-order valence-corrected chi connectivity index (χ1v) is 6.58. The van der Waals surface area contributed by atoms with Crippen LogP contribution in [0.5, 0.6) is 0 Å². The number of nitrogens with zero attached hydrogens (tertiary/aromatic N) is 1. The largest absolute Gasteiger partial charge is 0.480 e. The molecule has 1 atom stereocenters. The lowest BCUT2D eigenvalue weighted by molar-refractivity contribution is -0.141. The highest BCUT2D eigenvalue weighted by Gasteiger charge is 2.20. The van der Waals surface area contributed by atoms with E-state index >= 15 is 0 Å². The Labute approximate surface area is 123 Å². The zero-order chi connectivity index (χ0) is 15.8. The third-order valence-electron chi connectivity index (χ3n) is 2.86. The van der Waals surface area contributed by atoms with Gasteiger partial charge in [0, 0.05) is 32.0 Å². The van der Waals surface area contributed by atoms with Crippen molar-refractivity contribution >= 4 is 23.3 Å². The summed E-state index contributed by atoms with van der Waals surface area (Å²) in [4.78, 5) is 24.7. The van der Waals surface area contributed by atoms with Crippen molar-refractivity contribution in [3.05, 3.63) is 24.3 Å². The number of hydrogen-bond donors (Lipinski definition) is 4. The lowest BCUT2D eigenvalue weighted by Crippen LogP contribution is -2.41. The molecule has 116 valence electrons. The van der Waals surface area contributed by atoms with Gasteiger partial charge < -0.3 is 25.7 Å². The first-order valence-electron chi connectivity index (χ1n) is 6.58. The molecule has 4 N–H and O–H groups in total. The van der Waals surface area contributed by atoms with Crippen LogP contribution in [0.15, 0.2) is 24.3 Å². The van der Waals surface area contributed by atoms with Gasteiger partial charge >= 0.3 is 5.97 Å². The van der Waals surface area contributed by atoms with Gasteiger partial charge in [0.1, 0.15) is 6.04 Å². The van der Waals surface area contributed by atoms with Crippen LogP contribution in [0.1, 0.15) is 6.42 Å². The Morgan fingerprint density at radius 3 is 2.33 bits per heavy atom. The van der Waals surface area contributed by atoms with E-state index in [2.05, 4.69) is 10.6 Å². The summed E-state index contributed by atoms with van der Waals surface area (Å²) in [7, 11) is 3.83. The minimum atomic E-state index is -1.12. The van der Waals surface area contributed by atoms with Crippen LogP contribution in [0, 0.1) is 0 Å². The second kappa shape index (κ2) is 8.23. The number of carbonyl (C=O) groups is 2. The van der Waals surface area contributed by atoms with Crippen LogP contribution in [0.25, 0.3) is 0 Å². The Balaban J connectivity index is 2.57. The van der Waals surface area contributed by atoms with Crippen LogP contribution >= 0.6 is 0 Å². The second-order valence-electron chi connectivity index (χ2n) is 4.76. The Kier molecular flexibility index (Phi) is 6.64. The smallest absolute Gasteiger partial charge is 0.321 e. The van der Waals surface area contributed by atoms with Crippen LogP contribution in [0.4, 0.5) is 11.4 Å². The number of nitrogens with one attached hydrogen (secondary N) is 2. The minimum absolute atomic E-state index is 0.127. The lowest BCUT2D eigenvalue weighted by atomic mass is 10.2. The monoisotopic (exact) mass is 295 g/mol. The standard InChI is InChI=1S/C14H21N3O4/c1-17(2)11-5-3-10(4-6-11)16-13(19)9-12(14(20)21)15-7-8-18/h3-6,12,15,18H,7-9H2,1-2H3,(H,16,19)(H,20,21). The van der Waals surface area contributed by atoms with Crippen molar-refractivity contribution in [2.45, 2.75) is 12.5 Å². The van der Waals surface area contributed by atoms with Gasteiger partial charge in [-0.25, -0.2) is 0 Å². The molecule has 1 amide bonds. The van der Waals surface area contributed by atoms with E-state index < -0.39 is 17.9 Å². The molecule has 1 aromatic rings. The maximum absolute atomic E-state index is 11.8. The van der Waals surface area contributed by atoms with E-state index in [1.807, 2.05) is 31.1 Å².